The molecule has 1 aromatic heterocycles. The summed E-state index contributed by atoms with van der Waals surface area (Å²) in [5.41, 5.74) is -3.27. The second-order valence-corrected chi connectivity index (χ2v) is 11.4. The molecule has 0 amide bonds. The van der Waals surface area contributed by atoms with Gasteiger partial charge in [-0.05, 0) is 60.8 Å². The van der Waals surface area contributed by atoms with Gasteiger partial charge in [-0.3, -0.25) is 0 Å². The minimum absolute atomic E-state index is 0.117. The number of aromatic nitrogens is 2. The molecule has 3 saturated carbocycles. The number of halogens is 4. The fraction of sp³-hybridized carbons (Fsp3) is 0.550. The van der Waals surface area contributed by atoms with E-state index in [1.807, 2.05) is 4.90 Å². The number of hydrogen-bond donors (Lipinski definition) is 1. The molecule has 2 bridgehead atoms. The molecule has 3 aliphatic carbocycles. The lowest BCUT2D eigenvalue weighted by Crippen LogP contribution is -2.57. The van der Waals surface area contributed by atoms with Crippen LogP contribution in [0.5, 0.6) is 0 Å². The number of sulfonamides is 1. The predicted molar refractivity (Wildman–Crippen MR) is 110 cm³/mol. The lowest BCUT2D eigenvalue weighted by atomic mass is 9.43. The van der Waals surface area contributed by atoms with Gasteiger partial charge < -0.3 is 9.88 Å². The number of nitrogens with zero attached hydrogens (tertiary/aromatic N) is 3. The van der Waals surface area contributed by atoms with Crippen molar-refractivity contribution < 1.29 is 21.6 Å². The van der Waals surface area contributed by atoms with E-state index in [-0.39, 0.29) is 18.5 Å². The van der Waals surface area contributed by atoms with Crippen molar-refractivity contribution in [3.63, 3.8) is 0 Å². The first-order valence-electron chi connectivity index (χ1n) is 10.2. The lowest BCUT2D eigenvalue weighted by Gasteiger charge is -2.63. The molecule has 2 aromatic rings. The van der Waals surface area contributed by atoms with Crippen molar-refractivity contribution in [1.29, 1.82) is 0 Å². The molecule has 2 heterocycles. The van der Waals surface area contributed by atoms with Gasteiger partial charge in [-0.2, -0.15) is 17.5 Å². The zero-order valence-corrected chi connectivity index (χ0v) is 18.1. The lowest BCUT2D eigenvalue weighted by molar-refractivity contribution is -0.116. The maximum atomic E-state index is 13.5. The Bertz CT molecular complexity index is 1070. The Hall–Kier alpha value is -1.78. The molecule has 1 aromatic carbocycles. The first kappa shape index (κ1) is 21.1. The number of alkyl halides is 3. The fourth-order valence-corrected chi connectivity index (χ4v) is 6.59. The van der Waals surface area contributed by atoms with Gasteiger partial charge in [0.2, 0.25) is 0 Å². The molecule has 1 aliphatic heterocycles. The highest BCUT2D eigenvalue weighted by Crippen LogP contribution is 2.67. The summed E-state index contributed by atoms with van der Waals surface area (Å²) in [5.74, 6) is 0.716. The molecule has 6 nitrogen and oxygen atoms in total. The van der Waals surface area contributed by atoms with Gasteiger partial charge in [-0.15, -0.1) is 0 Å². The summed E-state index contributed by atoms with van der Waals surface area (Å²) in [7, 11) is -5.48. The van der Waals surface area contributed by atoms with Crippen molar-refractivity contribution in [2.24, 2.45) is 11.3 Å². The van der Waals surface area contributed by atoms with Crippen LogP contribution in [0.25, 0.3) is 0 Å². The number of H-pyrrole nitrogens is 1. The molecule has 31 heavy (non-hydrogen) atoms. The van der Waals surface area contributed by atoms with Gasteiger partial charge in [-0.25, -0.2) is 13.4 Å². The Labute approximate surface area is 183 Å². The average molecular weight is 475 g/mol. The Morgan fingerprint density at radius 3 is 2.58 bits per heavy atom. The normalized spacial score (nSPS) is 28.5. The van der Waals surface area contributed by atoms with E-state index in [1.54, 1.807) is 30.7 Å². The zero-order valence-electron chi connectivity index (χ0n) is 16.6. The zero-order chi connectivity index (χ0) is 22.0. The van der Waals surface area contributed by atoms with Crippen molar-refractivity contribution in [3.8, 4) is 0 Å². The minimum Gasteiger partial charge on any atom is -0.361 e. The maximum absolute atomic E-state index is 13.5. The monoisotopic (exact) mass is 474 g/mol. The highest BCUT2D eigenvalue weighted by molar-refractivity contribution is 7.89. The van der Waals surface area contributed by atoms with Gasteiger partial charge in [0.25, 0.3) is 0 Å². The van der Waals surface area contributed by atoms with Crippen LogP contribution < -0.4 is 4.90 Å². The van der Waals surface area contributed by atoms with E-state index in [9.17, 15) is 21.6 Å². The fourth-order valence-electron chi connectivity index (χ4n) is 5.43. The second-order valence-electron chi connectivity index (χ2n) is 9.06. The molecule has 0 saturated heterocycles. The first-order valence-corrected chi connectivity index (χ1v) is 12.0. The molecule has 11 heteroatoms. The van der Waals surface area contributed by atoms with E-state index >= 15 is 0 Å². The third kappa shape index (κ3) is 3.62. The molecule has 6 rings (SSSR count). The van der Waals surface area contributed by atoms with Gasteiger partial charge in [0, 0.05) is 36.0 Å². The van der Waals surface area contributed by atoms with Crippen LogP contribution in [0.15, 0.2) is 30.7 Å². The van der Waals surface area contributed by atoms with Gasteiger partial charge in [-0.1, -0.05) is 11.6 Å². The topological polar surface area (TPSA) is 69.3 Å². The van der Waals surface area contributed by atoms with E-state index < -0.39 is 21.6 Å². The van der Waals surface area contributed by atoms with Gasteiger partial charge in [0.1, 0.15) is 0 Å². The summed E-state index contributed by atoms with van der Waals surface area (Å²) in [5, 5.41) is 0.350. The number of rotatable bonds is 5. The number of anilines is 1. The summed E-state index contributed by atoms with van der Waals surface area (Å²) in [6, 6.07) is 4.61. The molecule has 168 valence electrons. The summed E-state index contributed by atoms with van der Waals surface area (Å²) in [6.07, 6.45) is 7.08. The van der Waals surface area contributed by atoms with E-state index in [0.29, 0.717) is 39.5 Å². The van der Waals surface area contributed by atoms with Crippen LogP contribution in [-0.4, -0.2) is 40.8 Å². The highest BCUT2D eigenvalue weighted by atomic mass is 35.5. The third-order valence-electron chi connectivity index (χ3n) is 6.91. The Morgan fingerprint density at radius 1 is 1.26 bits per heavy atom. The molecule has 0 unspecified atom stereocenters. The number of aromatic amines is 1. The minimum atomic E-state index is -5.48. The second kappa shape index (κ2) is 7.11. The molecular formula is C20H22ClF3N4O2S. The number of imidazole rings is 1. The molecule has 1 N–H and O–H groups in total. The number of benzene rings is 1. The van der Waals surface area contributed by atoms with Crippen molar-refractivity contribution in [2.75, 3.05) is 11.4 Å². The van der Waals surface area contributed by atoms with Crippen LogP contribution in [0.2, 0.25) is 5.02 Å². The Morgan fingerprint density at radius 2 is 2.00 bits per heavy atom. The van der Waals surface area contributed by atoms with Crippen LogP contribution in [0.1, 0.15) is 36.9 Å². The molecule has 3 fully saturated rings. The highest BCUT2D eigenvalue weighted by Gasteiger charge is 2.58. The standard InChI is InChI=1S/C20H22ClF3N4O2S/c21-15-1-2-18-14(3-15)9-27(31(29,30)20(22,23)24)11-17(7-19-4-13(5-19)6-19)28(18)10-16-8-25-12-26-16/h1-3,8,12-13,17H,4-7,9-11H2,(H,25,26)/t13?,17-,19?/m0/s1. The van der Waals surface area contributed by atoms with E-state index in [1.165, 1.54) is 0 Å². The summed E-state index contributed by atoms with van der Waals surface area (Å²) >= 11 is 6.13. The number of nitrogens with one attached hydrogen (secondary N) is 1. The van der Waals surface area contributed by atoms with Crippen LogP contribution in [-0.2, 0) is 23.1 Å². The van der Waals surface area contributed by atoms with Crippen LogP contribution in [0, 0.1) is 11.3 Å². The Kier molecular flexibility index (Phi) is 4.84. The SMILES string of the molecule is O=S(=O)(N1Cc2cc(Cl)ccc2N(Cc2cnc[nH]2)[C@@H](CC23CC(C2)C3)C1)C(F)(F)F. The molecular weight excluding hydrogens is 453 g/mol. The first-order chi connectivity index (χ1) is 14.6. The maximum Gasteiger partial charge on any atom is 0.511 e. The summed E-state index contributed by atoms with van der Waals surface area (Å²) < 4.78 is 65.8. The summed E-state index contributed by atoms with van der Waals surface area (Å²) in [4.78, 5) is 9.11. The van der Waals surface area contributed by atoms with Crippen LogP contribution in [0.3, 0.4) is 0 Å². The van der Waals surface area contributed by atoms with Crippen molar-refractivity contribution in [2.45, 2.75) is 50.3 Å². The molecule has 0 spiro atoms. The predicted octanol–water partition coefficient (Wildman–Crippen LogP) is 4.29. The third-order valence-corrected chi connectivity index (χ3v) is 8.69. The Balaban J connectivity index is 1.58. The quantitative estimate of drug-likeness (QED) is 0.701. The smallest absolute Gasteiger partial charge is 0.361 e. The van der Waals surface area contributed by atoms with E-state index in [4.69, 9.17) is 11.6 Å². The number of fused-ring (bicyclic) bond motifs is 1. The van der Waals surface area contributed by atoms with Crippen molar-refractivity contribution in [1.82, 2.24) is 14.3 Å². The number of hydrogen-bond acceptors (Lipinski definition) is 4. The average Bonchev–Trinajstić information content (AvgIpc) is 3.07. The van der Waals surface area contributed by atoms with Crippen LogP contribution in [0.4, 0.5) is 18.9 Å². The van der Waals surface area contributed by atoms with Gasteiger partial charge in [0.05, 0.1) is 18.6 Å². The molecule has 1 atom stereocenters. The largest absolute Gasteiger partial charge is 0.511 e. The molecule has 0 radical (unpaired) electrons. The van der Waals surface area contributed by atoms with Crippen molar-refractivity contribution >= 4 is 27.3 Å². The van der Waals surface area contributed by atoms with Gasteiger partial charge in [0.15, 0.2) is 0 Å². The molecule has 4 aliphatic rings. The van der Waals surface area contributed by atoms with E-state index in [0.717, 1.165) is 25.0 Å². The van der Waals surface area contributed by atoms with Crippen molar-refractivity contribution in [3.05, 3.63) is 47.0 Å². The van der Waals surface area contributed by atoms with E-state index in [2.05, 4.69) is 9.97 Å². The summed E-state index contributed by atoms with van der Waals surface area (Å²) in [6.45, 7) is -0.212. The van der Waals surface area contributed by atoms with Gasteiger partial charge >= 0.3 is 15.5 Å². The van der Waals surface area contributed by atoms with Crippen LogP contribution >= 0.6 is 11.6 Å².